The van der Waals surface area contributed by atoms with Crippen LogP contribution in [0.5, 0.6) is 5.75 Å². The van der Waals surface area contributed by atoms with Crippen LogP contribution in [-0.2, 0) is 0 Å². The number of nitrogens with zero attached hydrogens (tertiary/aromatic N) is 1. The number of carbonyl (C=O) groups is 1. The van der Waals surface area contributed by atoms with Crippen molar-refractivity contribution in [2.24, 2.45) is 0 Å². The van der Waals surface area contributed by atoms with E-state index in [-0.39, 0.29) is 5.56 Å². The number of methoxy groups -OCH3 is 1. The second-order valence-electron chi connectivity index (χ2n) is 5.18. The van der Waals surface area contributed by atoms with Gasteiger partial charge in [-0.2, -0.15) is 0 Å². The molecule has 3 aromatic rings. The summed E-state index contributed by atoms with van der Waals surface area (Å²) in [6.07, 6.45) is 1.57. The minimum atomic E-state index is -0.661. The van der Waals surface area contributed by atoms with Crippen LogP contribution in [-0.4, -0.2) is 18.0 Å². The number of carbonyl (C=O) groups excluding carboxylic acids is 1. The van der Waals surface area contributed by atoms with Gasteiger partial charge in [-0.3, -0.25) is 9.78 Å². The molecule has 0 aliphatic carbocycles. The van der Waals surface area contributed by atoms with Crippen LogP contribution in [0, 0.1) is 5.82 Å². The van der Waals surface area contributed by atoms with E-state index >= 15 is 0 Å². The second-order valence-corrected chi connectivity index (χ2v) is 5.59. The lowest BCUT2D eigenvalue weighted by atomic mass is 10.1. The molecule has 1 heterocycles. The molecular formula is C19H14ClFN2O2. The molecule has 3 rings (SSSR count). The van der Waals surface area contributed by atoms with Crippen molar-refractivity contribution < 1.29 is 13.9 Å². The lowest BCUT2D eigenvalue weighted by Crippen LogP contribution is -2.14. The smallest absolute Gasteiger partial charge is 0.258 e. The van der Waals surface area contributed by atoms with Crippen LogP contribution < -0.4 is 10.1 Å². The third-order valence-corrected chi connectivity index (χ3v) is 3.91. The number of hydrogen-bond acceptors (Lipinski definition) is 3. The van der Waals surface area contributed by atoms with Crippen LogP contribution in [0.2, 0.25) is 5.02 Å². The van der Waals surface area contributed by atoms with Gasteiger partial charge >= 0.3 is 0 Å². The largest absolute Gasteiger partial charge is 0.495 e. The number of ether oxygens (including phenoxy) is 1. The van der Waals surface area contributed by atoms with Gasteiger partial charge in [0.2, 0.25) is 0 Å². The highest BCUT2D eigenvalue weighted by atomic mass is 35.5. The van der Waals surface area contributed by atoms with Gasteiger partial charge in [0.05, 0.1) is 29.1 Å². The van der Waals surface area contributed by atoms with Gasteiger partial charge < -0.3 is 10.1 Å². The first-order valence-corrected chi connectivity index (χ1v) is 7.82. The molecule has 1 N–H and O–H groups in total. The summed E-state index contributed by atoms with van der Waals surface area (Å²) >= 11 is 6.08. The molecule has 0 saturated carbocycles. The first-order chi connectivity index (χ1) is 12.1. The molecule has 2 aromatic carbocycles. The van der Waals surface area contributed by atoms with E-state index in [1.165, 1.54) is 19.2 Å². The van der Waals surface area contributed by atoms with E-state index in [9.17, 15) is 9.18 Å². The maximum Gasteiger partial charge on any atom is 0.258 e. The molecule has 0 aliphatic rings. The zero-order valence-electron chi connectivity index (χ0n) is 13.3. The van der Waals surface area contributed by atoms with Crippen molar-refractivity contribution in [3.8, 4) is 17.0 Å². The van der Waals surface area contributed by atoms with Crippen molar-refractivity contribution in [2.45, 2.75) is 0 Å². The van der Waals surface area contributed by atoms with Gasteiger partial charge in [-0.05, 0) is 36.4 Å². The fourth-order valence-corrected chi connectivity index (χ4v) is 2.61. The molecule has 0 bridgehead atoms. The Bertz CT molecular complexity index is 931. The Morgan fingerprint density at radius 2 is 1.96 bits per heavy atom. The van der Waals surface area contributed by atoms with Crippen molar-refractivity contribution in [3.63, 3.8) is 0 Å². The lowest BCUT2D eigenvalue weighted by molar-refractivity contribution is 0.102. The Balaban J connectivity index is 1.88. The summed E-state index contributed by atoms with van der Waals surface area (Å²) in [5.74, 6) is -0.736. The number of rotatable bonds is 4. The average molecular weight is 357 g/mol. The van der Waals surface area contributed by atoms with Crippen LogP contribution in [0.25, 0.3) is 11.3 Å². The van der Waals surface area contributed by atoms with Crippen molar-refractivity contribution in [1.29, 1.82) is 0 Å². The second kappa shape index (κ2) is 7.32. The summed E-state index contributed by atoms with van der Waals surface area (Å²) < 4.78 is 19.6. The lowest BCUT2D eigenvalue weighted by Gasteiger charge is -2.11. The Morgan fingerprint density at radius 1 is 1.16 bits per heavy atom. The molecule has 0 aliphatic heterocycles. The van der Waals surface area contributed by atoms with Crippen molar-refractivity contribution in [1.82, 2.24) is 4.98 Å². The van der Waals surface area contributed by atoms with Gasteiger partial charge in [0.25, 0.3) is 5.91 Å². The van der Waals surface area contributed by atoms with Crippen LogP contribution in [0.4, 0.5) is 10.1 Å². The topological polar surface area (TPSA) is 51.2 Å². The monoisotopic (exact) mass is 356 g/mol. The first kappa shape index (κ1) is 16.9. The highest BCUT2D eigenvalue weighted by Crippen LogP contribution is 2.28. The summed E-state index contributed by atoms with van der Waals surface area (Å²) in [5, 5.41) is 3.05. The standard InChI is InChI=1S/C19H14ClFN2O2/c1-25-17-7-3-2-6-16(17)23-19(24)13-9-8-12(11-15(13)21)18-14(20)5-4-10-22-18/h2-11H,1H3,(H,23,24). The number of aromatic nitrogens is 1. The molecule has 0 atom stereocenters. The molecule has 1 amide bonds. The van der Waals surface area contributed by atoms with Crippen molar-refractivity contribution in [2.75, 3.05) is 12.4 Å². The molecule has 0 fully saturated rings. The molecule has 0 spiro atoms. The van der Waals surface area contributed by atoms with Crippen LogP contribution in [0.15, 0.2) is 60.8 Å². The predicted octanol–water partition coefficient (Wildman–Crippen LogP) is 4.80. The molecule has 4 nitrogen and oxygen atoms in total. The molecular weight excluding hydrogens is 343 g/mol. The number of hydrogen-bond donors (Lipinski definition) is 1. The Hall–Kier alpha value is -2.92. The zero-order chi connectivity index (χ0) is 17.8. The van der Waals surface area contributed by atoms with E-state index < -0.39 is 11.7 Å². The highest BCUT2D eigenvalue weighted by Gasteiger charge is 2.15. The summed E-state index contributed by atoms with van der Waals surface area (Å²) in [4.78, 5) is 16.5. The maximum atomic E-state index is 14.4. The third kappa shape index (κ3) is 3.61. The maximum absolute atomic E-state index is 14.4. The van der Waals surface area contributed by atoms with Gasteiger partial charge in [0, 0.05) is 11.8 Å². The van der Waals surface area contributed by atoms with Gasteiger partial charge in [0.1, 0.15) is 11.6 Å². The molecule has 0 radical (unpaired) electrons. The average Bonchev–Trinajstić information content (AvgIpc) is 2.62. The number of pyridine rings is 1. The molecule has 0 saturated heterocycles. The first-order valence-electron chi connectivity index (χ1n) is 7.45. The summed E-state index contributed by atoms with van der Waals surface area (Å²) in [6, 6.07) is 14.5. The quantitative estimate of drug-likeness (QED) is 0.730. The number of para-hydroxylation sites is 2. The summed E-state index contributed by atoms with van der Waals surface area (Å²) in [5.41, 5.74) is 1.34. The third-order valence-electron chi connectivity index (χ3n) is 3.60. The van der Waals surface area contributed by atoms with E-state index in [4.69, 9.17) is 16.3 Å². The van der Waals surface area contributed by atoms with Crippen LogP contribution in [0.3, 0.4) is 0 Å². The highest BCUT2D eigenvalue weighted by molar-refractivity contribution is 6.33. The SMILES string of the molecule is COc1ccccc1NC(=O)c1ccc(-c2ncccc2Cl)cc1F. The van der Waals surface area contributed by atoms with E-state index in [0.29, 0.717) is 27.7 Å². The fourth-order valence-electron chi connectivity index (χ4n) is 2.38. The van der Waals surface area contributed by atoms with Gasteiger partial charge in [-0.25, -0.2) is 4.39 Å². The number of anilines is 1. The Kier molecular flexibility index (Phi) is 4.95. The van der Waals surface area contributed by atoms with E-state index in [1.807, 2.05) is 0 Å². The van der Waals surface area contributed by atoms with E-state index in [2.05, 4.69) is 10.3 Å². The number of benzene rings is 2. The minimum absolute atomic E-state index is 0.0818. The van der Waals surface area contributed by atoms with Crippen molar-refractivity contribution >= 4 is 23.2 Å². The van der Waals surface area contributed by atoms with E-state index in [0.717, 1.165) is 0 Å². The number of amides is 1. The van der Waals surface area contributed by atoms with Gasteiger partial charge in [-0.1, -0.05) is 29.8 Å². The number of nitrogens with one attached hydrogen (secondary N) is 1. The fraction of sp³-hybridized carbons (Fsp3) is 0.0526. The zero-order valence-corrected chi connectivity index (χ0v) is 14.0. The minimum Gasteiger partial charge on any atom is -0.495 e. The Labute approximate surface area is 149 Å². The molecule has 25 heavy (non-hydrogen) atoms. The van der Waals surface area contributed by atoms with E-state index in [1.54, 1.807) is 48.7 Å². The predicted molar refractivity (Wildman–Crippen MR) is 95.6 cm³/mol. The molecule has 126 valence electrons. The molecule has 6 heteroatoms. The molecule has 0 unspecified atom stereocenters. The summed E-state index contributed by atoms with van der Waals surface area (Å²) in [7, 11) is 1.50. The number of halogens is 2. The van der Waals surface area contributed by atoms with Crippen LogP contribution in [0.1, 0.15) is 10.4 Å². The Morgan fingerprint density at radius 3 is 2.68 bits per heavy atom. The van der Waals surface area contributed by atoms with Gasteiger partial charge in [0.15, 0.2) is 0 Å². The summed E-state index contributed by atoms with van der Waals surface area (Å²) in [6.45, 7) is 0. The van der Waals surface area contributed by atoms with Gasteiger partial charge in [-0.15, -0.1) is 0 Å². The van der Waals surface area contributed by atoms with Crippen LogP contribution >= 0.6 is 11.6 Å². The van der Waals surface area contributed by atoms with Crippen molar-refractivity contribution in [3.05, 3.63) is 77.2 Å². The normalized spacial score (nSPS) is 10.4. The molecule has 1 aromatic heterocycles.